The number of hydrogen-bond acceptors (Lipinski definition) is 3. The Morgan fingerprint density at radius 1 is 0.950 bits per heavy atom. The average molecular weight is 266 g/mol. The summed E-state index contributed by atoms with van der Waals surface area (Å²) in [5, 5.41) is 0. The summed E-state index contributed by atoms with van der Waals surface area (Å²) >= 11 is 0. The maximum atomic E-state index is 12.1. The maximum absolute atomic E-state index is 12.1. The lowest BCUT2D eigenvalue weighted by Crippen LogP contribution is -2.15. The molecule has 0 saturated heterocycles. The van der Waals surface area contributed by atoms with Gasteiger partial charge in [-0.1, -0.05) is 36.4 Å². The van der Waals surface area contributed by atoms with Gasteiger partial charge in [0.1, 0.15) is 13.2 Å². The van der Waals surface area contributed by atoms with Crippen LogP contribution in [-0.4, -0.2) is 19.0 Å². The van der Waals surface area contributed by atoms with Gasteiger partial charge in [-0.3, -0.25) is 4.79 Å². The summed E-state index contributed by atoms with van der Waals surface area (Å²) in [5.74, 6) is 1.28. The largest absolute Gasteiger partial charge is 0.486 e. The van der Waals surface area contributed by atoms with Gasteiger partial charge in [0.25, 0.3) is 0 Å². The number of allylic oxidation sites excluding steroid dienone is 1. The molecule has 0 saturated carbocycles. The lowest BCUT2D eigenvalue weighted by molar-refractivity contribution is 0.104. The molecule has 100 valence electrons. The SMILES string of the molecule is O=C(C=Cc1ccccc1)c1ccc2c(c1)OCCO2. The van der Waals surface area contributed by atoms with Gasteiger partial charge < -0.3 is 9.47 Å². The number of carbonyl (C=O) groups is 1. The second-order valence-electron chi connectivity index (χ2n) is 4.47. The zero-order chi connectivity index (χ0) is 13.8. The van der Waals surface area contributed by atoms with E-state index in [1.807, 2.05) is 30.3 Å². The van der Waals surface area contributed by atoms with Gasteiger partial charge in [0.15, 0.2) is 17.3 Å². The highest BCUT2D eigenvalue weighted by Gasteiger charge is 2.13. The smallest absolute Gasteiger partial charge is 0.185 e. The van der Waals surface area contributed by atoms with Gasteiger partial charge in [0, 0.05) is 5.56 Å². The lowest BCUT2D eigenvalue weighted by atomic mass is 10.1. The molecule has 3 rings (SSSR count). The van der Waals surface area contributed by atoms with E-state index in [9.17, 15) is 4.79 Å². The molecule has 20 heavy (non-hydrogen) atoms. The van der Waals surface area contributed by atoms with Crippen LogP contribution in [0.4, 0.5) is 0 Å². The summed E-state index contributed by atoms with van der Waals surface area (Å²) in [6, 6.07) is 15.0. The third-order valence-electron chi connectivity index (χ3n) is 3.05. The van der Waals surface area contributed by atoms with Crippen molar-refractivity contribution in [3.63, 3.8) is 0 Å². The third-order valence-corrected chi connectivity index (χ3v) is 3.05. The van der Waals surface area contributed by atoms with Crippen LogP contribution in [0.5, 0.6) is 11.5 Å². The maximum Gasteiger partial charge on any atom is 0.185 e. The van der Waals surface area contributed by atoms with E-state index in [1.165, 1.54) is 0 Å². The van der Waals surface area contributed by atoms with E-state index in [-0.39, 0.29) is 5.78 Å². The molecular formula is C17H14O3. The van der Waals surface area contributed by atoms with Gasteiger partial charge >= 0.3 is 0 Å². The van der Waals surface area contributed by atoms with Crippen LogP contribution in [0.1, 0.15) is 15.9 Å². The number of carbonyl (C=O) groups excluding carboxylic acids is 1. The molecule has 0 unspecified atom stereocenters. The Hall–Kier alpha value is -2.55. The van der Waals surface area contributed by atoms with Gasteiger partial charge in [0.2, 0.25) is 0 Å². The van der Waals surface area contributed by atoms with Crippen LogP contribution in [0, 0.1) is 0 Å². The summed E-state index contributed by atoms with van der Waals surface area (Å²) in [7, 11) is 0. The normalized spacial score (nSPS) is 13.4. The number of rotatable bonds is 3. The van der Waals surface area contributed by atoms with Gasteiger partial charge in [-0.15, -0.1) is 0 Å². The van der Waals surface area contributed by atoms with Crippen molar-refractivity contribution in [1.29, 1.82) is 0 Å². The molecule has 3 heteroatoms. The van der Waals surface area contributed by atoms with Crippen LogP contribution >= 0.6 is 0 Å². The van der Waals surface area contributed by atoms with E-state index in [0.29, 0.717) is 30.3 Å². The van der Waals surface area contributed by atoms with Gasteiger partial charge in [-0.25, -0.2) is 0 Å². The number of benzene rings is 2. The minimum Gasteiger partial charge on any atom is -0.486 e. The van der Waals surface area contributed by atoms with E-state index in [4.69, 9.17) is 9.47 Å². The van der Waals surface area contributed by atoms with E-state index >= 15 is 0 Å². The Kier molecular flexibility index (Phi) is 3.50. The molecule has 2 aromatic carbocycles. The summed E-state index contributed by atoms with van der Waals surface area (Å²) in [6.45, 7) is 1.07. The molecule has 0 atom stereocenters. The summed E-state index contributed by atoms with van der Waals surface area (Å²) in [4.78, 5) is 12.1. The fourth-order valence-electron chi connectivity index (χ4n) is 2.03. The van der Waals surface area contributed by atoms with Crippen LogP contribution in [0.2, 0.25) is 0 Å². The second-order valence-corrected chi connectivity index (χ2v) is 4.47. The Balaban J connectivity index is 1.79. The van der Waals surface area contributed by atoms with E-state index < -0.39 is 0 Å². The molecule has 1 heterocycles. The van der Waals surface area contributed by atoms with Crippen LogP contribution in [0.25, 0.3) is 6.08 Å². The minimum atomic E-state index is -0.0502. The molecule has 0 aromatic heterocycles. The van der Waals surface area contributed by atoms with Crippen LogP contribution in [-0.2, 0) is 0 Å². The Bertz CT molecular complexity index is 645. The van der Waals surface area contributed by atoms with Crippen molar-refractivity contribution in [2.75, 3.05) is 13.2 Å². The first-order valence-electron chi connectivity index (χ1n) is 6.50. The lowest BCUT2D eigenvalue weighted by Gasteiger charge is -2.18. The van der Waals surface area contributed by atoms with E-state index in [0.717, 1.165) is 5.56 Å². The first-order chi connectivity index (χ1) is 9.83. The van der Waals surface area contributed by atoms with Crippen molar-refractivity contribution < 1.29 is 14.3 Å². The van der Waals surface area contributed by atoms with Gasteiger partial charge in [0.05, 0.1) is 0 Å². The highest BCUT2D eigenvalue weighted by molar-refractivity contribution is 6.07. The molecule has 2 aromatic rings. The van der Waals surface area contributed by atoms with Crippen molar-refractivity contribution >= 4 is 11.9 Å². The molecule has 0 N–H and O–H groups in total. The van der Waals surface area contributed by atoms with Crippen LogP contribution in [0.15, 0.2) is 54.6 Å². The molecule has 1 aliphatic rings. The van der Waals surface area contributed by atoms with Gasteiger partial charge in [-0.05, 0) is 29.8 Å². The highest BCUT2D eigenvalue weighted by atomic mass is 16.6. The summed E-state index contributed by atoms with van der Waals surface area (Å²) < 4.78 is 10.9. The number of fused-ring (bicyclic) bond motifs is 1. The van der Waals surface area contributed by atoms with Gasteiger partial charge in [-0.2, -0.15) is 0 Å². The number of hydrogen-bond donors (Lipinski definition) is 0. The molecule has 0 amide bonds. The zero-order valence-electron chi connectivity index (χ0n) is 10.9. The van der Waals surface area contributed by atoms with Crippen molar-refractivity contribution in [3.05, 3.63) is 65.7 Å². The van der Waals surface area contributed by atoms with E-state index in [1.54, 1.807) is 30.4 Å². The number of ether oxygens (including phenoxy) is 2. The first kappa shape index (κ1) is 12.5. The predicted molar refractivity (Wildman–Crippen MR) is 77.2 cm³/mol. The molecule has 3 nitrogen and oxygen atoms in total. The fourth-order valence-corrected chi connectivity index (χ4v) is 2.03. The monoisotopic (exact) mass is 266 g/mol. The quantitative estimate of drug-likeness (QED) is 0.631. The molecule has 1 aliphatic heterocycles. The summed E-state index contributed by atoms with van der Waals surface area (Å²) in [5.41, 5.74) is 1.60. The molecule has 0 fully saturated rings. The first-order valence-corrected chi connectivity index (χ1v) is 6.50. The van der Waals surface area contributed by atoms with Crippen molar-refractivity contribution in [2.45, 2.75) is 0 Å². The van der Waals surface area contributed by atoms with E-state index in [2.05, 4.69) is 0 Å². The standard InChI is InChI=1S/C17H14O3/c18-15(8-6-13-4-2-1-3-5-13)14-7-9-16-17(12-14)20-11-10-19-16/h1-9,12H,10-11H2. The molecular weight excluding hydrogens is 252 g/mol. The van der Waals surface area contributed by atoms with Crippen LogP contribution in [0.3, 0.4) is 0 Å². The average Bonchev–Trinajstić information content (AvgIpc) is 2.53. The molecule has 0 spiro atoms. The van der Waals surface area contributed by atoms with Crippen molar-refractivity contribution in [2.24, 2.45) is 0 Å². The third kappa shape index (κ3) is 2.72. The van der Waals surface area contributed by atoms with Crippen LogP contribution < -0.4 is 9.47 Å². The van der Waals surface area contributed by atoms with Crippen molar-refractivity contribution in [3.8, 4) is 11.5 Å². The molecule has 0 bridgehead atoms. The highest BCUT2D eigenvalue weighted by Crippen LogP contribution is 2.30. The second kappa shape index (κ2) is 5.61. The number of ketones is 1. The molecule has 0 radical (unpaired) electrons. The zero-order valence-corrected chi connectivity index (χ0v) is 10.9. The Morgan fingerprint density at radius 2 is 1.70 bits per heavy atom. The van der Waals surface area contributed by atoms with Crippen molar-refractivity contribution in [1.82, 2.24) is 0 Å². The Morgan fingerprint density at radius 3 is 2.50 bits per heavy atom. The predicted octanol–water partition coefficient (Wildman–Crippen LogP) is 3.35. The fraction of sp³-hybridized carbons (Fsp3) is 0.118. The minimum absolute atomic E-state index is 0.0502. The molecule has 0 aliphatic carbocycles. The Labute approximate surface area is 117 Å². The topological polar surface area (TPSA) is 35.5 Å². The summed E-state index contributed by atoms with van der Waals surface area (Å²) in [6.07, 6.45) is 3.37.